The van der Waals surface area contributed by atoms with Crippen molar-refractivity contribution in [2.75, 3.05) is 0 Å². The number of ketones is 1. The van der Waals surface area contributed by atoms with E-state index in [2.05, 4.69) is 0 Å². The van der Waals surface area contributed by atoms with Crippen molar-refractivity contribution in [2.24, 2.45) is 5.41 Å². The summed E-state index contributed by atoms with van der Waals surface area (Å²) in [5.74, 6) is 0.0816. The maximum absolute atomic E-state index is 11.8. The van der Waals surface area contributed by atoms with Crippen molar-refractivity contribution in [1.82, 2.24) is 0 Å². The molecule has 0 aliphatic carbocycles. The molecule has 0 heterocycles. The smallest absolute Gasteiger partial charge is 0.169 e. The molecule has 0 spiro atoms. The van der Waals surface area contributed by atoms with Crippen LogP contribution >= 0.6 is 11.6 Å². The summed E-state index contributed by atoms with van der Waals surface area (Å²) in [5.41, 5.74) is 0.238. The molecule has 2 heteroatoms. The molecule has 0 amide bonds. The van der Waals surface area contributed by atoms with Gasteiger partial charge < -0.3 is 0 Å². The van der Waals surface area contributed by atoms with Crippen LogP contribution in [0.5, 0.6) is 0 Å². The maximum Gasteiger partial charge on any atom is 0.169 e. The summed E-state index contributed by atoms with van der Waals surface area (Å²) in [6, 6.07) is 7.14. The van der Waals surface area contributed by atoms with Gasteiger partial charge in [0.25, 0.3) is 0 Å². The Morgan fingerprint density at radius 2 is 1.77 bits per heavy atom. The molecule has 0 aromatic heterocycles. The summed E-state index contributed by atoms with van der Waals surface area (Å²) >= 11 is 5.90. The quantitative estimate of drug-likeness (QED) is 0.628. The van der Waals surface area contributed by atoms with Gasteiger partial charge in [-0.25, -0.2) is 0 Å². The van der Waals surface area contributed by atoms with Crippen molar-refractivity contribution in [3.05, 3.63) is 34.9 Å². The molecule has 1 rings (SSSR count). The standard InChI is InChI=1S/C11H13ClO/c1-11(2,3)10(13)8-6-4-5-7-9(8)12/h4-7H,1-3H3. The zero-order valence-electron chi connectivity index (χ0n) is 8.10. The molecule has 0 aliphatic heterocycles. The molecule has 0 radical (unpaired) electrons. The van der Waals surface area contributed by atoms with Crippen LogP contribution in [0.2, 0.25) is 5.02 Å². The van der Waals surface area contributed by atoms with Crippen LogP contribution in [-0.2, 0) is 0 Å². The Hall–Kier alpha value is -0.820. The SMILES string of the molecule is CC(C)(C)C(=O)c1ccccc1Cl. The van der Waals surface area contributed by atoms with E-state index in [9.17, 15) is 4.79 Å². The number of hydrogen-bond acceptors (Lipinski definition) is 1. The summed E-state index contributed by atoms with van der Waals surface area (Å²) < 4.78 is 0. The second-order valence-corrected chi connectivity index (χ2v) is 4.47. The summed E-state index contributed by atoms with van der Waals surface area (Å²) in [7, 11) is 0. The fourth-order valence-electron chi connectivity index (χ4n) is 1.05. The summed E-state index contributed by atoms with van der Waals surface area (Å²) in [6.07, 6.45) is 0. The number of rotatable bonds is 1. The highest BCUT2D eigenvalue weighted by Gasteiger charge is 2.24. The van der Waals surface area contributed by atoms with Gasteiger partial charge in [0, 0.05) is 11.0 Å². The van der Waals surface area contributed by atoms with Crippen LogP contribution in [0.3, 0.4) is 0 Å². The van der Waals surface area contributed by atoms with Gasteiger partial charge in [-0.2, -0.15) is 0 Å². The van der Waals surface area contributed by atoms with Crippen molar-refractivity contribution in [1.29, 1.82) is 0 Å². The third kappa shape index (κ3) is 2.31. The number of hydrogen-bond donors (Lipinski definition) is 0. The van der Waals surface area contributed by atoms with Crippen molar-refractivity contribution < 1.29 is 4.79 Å². The Labute approximate surface area is 83.7 Å². The topological polar surface area (TPSA) is 17.1 Å². The lowest BCUT2D eigenvalue weighted by Gasteiger charge is -2.17. The Morgan fingerprint density at radius 3 is 2.23 bits per heavy atom. The van der Waals surface area contributed by atoms with Gasteiger partial charge in [-0.15, -0.1) is 0 Å². The molecule has 0 atom stereocenters. The van der Waals surface area contributed by atoms with Crippen molar-refractivity contribution in [2.45, 2.75) is 20.8 Å². The number of carbonyl (C=O) groups excluding carboxylic acids is 1. The minimum Gasteiger partial charge on any atom is -0.294 e. The van der Waals surface area contributed by atoms with E-state index < -0.39 is 0 Å². The molecule has 0 saturated carbocycles. The molecule has 0 aliphatic rings. The van der Waals surface area contributed by atoms with Gasteiger partial charge in [-0.05, 0) is 12.1 Å². The molecular weight excluding hydrogens is 184 g/mol. The zero-order valence-corrected chi connectivity index (χ0v) is 8.85. The number of benzene rings is 1. The predicted octanol–water partition coefficient (Wildman–Crippen LogP) is 3.57. The lowest BCUT2D eigenvalue weighted by molar-refractivity contribution is 0.0858. The van der Waals surface area contributed by atoms with E-state index in [4.69, 9.17) is 11.6 Å². The number of carbonyl (C=O) groups is 1. The van der Waals surface area contributed by atoms with Gasteiger partial charge in [0.05, 0.1) is 5.02 Å². The molecule has 0 unspecified atom stereocenters. The first kappa shape index (κ1) is 10.3. The van der Waals surface area contributed by atoms with E-state index in [1.165, 1.54) is 0 Å². The molecule has 0 fully saturated rings. The Balaban J connectivity index is 3.10. The number of halogens is 1. The van der Waals surface area contributed by atoms with E-state index in [0.29, 0.717) is 10.6 Å². The van der Waals surface area contributed by atoms with Crippen LogP contribution in [0.1, 0.15) is 31.1 Å². The summed E-state index contributed by atoms with van der Waals surface area (Å²) in [5, 5.41) is 0.530. The van der Waals surface area contributed by atoms with Crippen LogP contribution in [0.25, 0.3) is 0 Å². The Bertz CT molecular complexity index is 323. The Morgan fingerprint density at radius 1 is 1.23 bits per heavy atom. The second kappa shape index (κ2) is 3.51. The van der Waals surface area contributed by atoms with E-state index in [1.807, 2.05) is 32.9 Å². The van der Waals surface area contributed by atoms with Crippen LogP contribution in [0.4, 0.5) is 0 Å². The van der Waals surface area contributed by atoms with Crippen LogP contribution in [0, 0.1) is 5.41 Å². The molecule has 1 aromatic carbocycles. The van der Waals surface area contributed by atoms with E-state index in [0.717, 1.165) is 0 Å². The predicted molar refractivity (Wildman–Crippen MR) is 55.2 cm³/mol. The highest BCUT2D eigenvalue weighted by molar-refractivity contribution is 6.34. The highest BCUT2D eigenvalue weighted by atomic mass is 35.5. The van der Waals surface area contributed by atoms with Gasteiger partial charge in [-0.1, -0.05) is 44.5 Å². The largest absolute Gasteiger partial charge is 0.294 e. The van der Waals surface area contributed by atoms with Crippen molar-refractivity contribution >= 4 is 17.4 Å². The van der Waals surface area contributed by atoms with Gasteiger partial charge in [0.15, 0.2) is 5.78 Å². The van der Waals surface area contributed by atoms with E-state index >= 15 is 0 Å². The average molecular weight is 197 g/mol. The van der Waals surface area contributed by atoms with Crippen molar-refractivity contribution in [3.63, 3.8) is 0 Å². The average Bonchev–Trinajstić information content (AvgIpc) is 2.02. The molecule has 13 heavy (non-hydrogen) atoms. The van der Waals surface area contributed by atoms with E-state index in [-0.39, 0.29) is 11.2 Å². The third-order valence-electron chi connectivity index (χ3n) is 1.80. The lowest BCUT2D eigenvalue weighted by atomic mass is 9.86. The normalized spacial score (nSPS) is 11.4. The minimum absolute atomic E-state index is 0.0816. The first-order valence-corrected chi connectivity index (χ1v) is 4.60. The zero-order chi connectivity index (χ0) is 10.1. The molecule has 0 bridgehead atoms. The van der Waals surface area contributed by atoms with Crippen molar-refractivity contribution in [3.8, 4) is 0 Å². The maximum atomic E-state index is 11.8. The lowest BCUT2D eigenvalue weighted by Crippen LogP contribution is -2.20. The second-order valence-electron chi connectivity index (χ2n) is 4.06. The minimum atomic E-state index is -0.370. The molecular formula is C11H13ClO. The number of Topliss-reactive ketones (excluding diaryl/α,β-unsaturated/α-hetero) is 1. The fourth-order valence-corrected chi connectivity index (χ4v) is 1.27. The van der Waals surface area contributed by atoms with Gasteiger partial charge in [-0.3, -0.25) is 4.79 Å². The molecule has 1 nitrogen and oxygen atoms in total. The summed E-state index contributed by atoms with van der Waals surface area (Å²) in [4.78, 5) is 11.8. The molecule has 1 aromatic rings. The van der Waals surface area contributed by atoms with Crippen LogP contribution in [-0.4, -0.2) is 5.78 Å². The summed E-state index contributed by atoms with van der Waals surface area (Å²) in [6.45, 7) is 5.66. The monoisotopic (exact) mass is 196 g/mol. The first-order valence-electron chi connectivity index (χ1n) is 4.22. The van der Waals surface area contributed by atoms with Gasteiger partial charge >= 0.3 is 0 Å². The van der Waals surface area contributed by atoms with Crippen LogP contribution < -0.4 is 0 Å². The first-order chi connectivity index (χ1) is 5.93. The van der Waals surface area contributed by atoms with Crippen LogP contribution in [0.15, 0.2) is 24.3 Å². The highest BCUT2D eigenvalue weighted by Crippen LogP contribution is 2.25. The fraction of sp³-hybridized carbons (Fsp3) is 0.364. The molecule has 70 valence electrons. The van der Waals surface area contributed by atoms with E-state index in [1.54, 1.807) is 12.1 Å². The molecule has 0 saturated heterocycles. The van der Waals surface area contributed by atoms with Gasteiger partial charge in [0.2, 0.25) is 0 Å². The molecule has 0 N–H and O–H groups in total. The Kier molecular flexibility index (Phi) is 2.77. The third-order valence-corrected chi connectivity index (χ3v) is 2.13. The van der Waals surface area contributed by atoms with Gasteiger partial charge in [0.1, 0.15) is 0 Å².